The molecule has 2 atom stereocenters. The number of esters is 1. The molecule has 2 aromatic rings. The van der Waals surface area contributed by atoms with Crippen LogP contribution >= 0.6 is 0 Å². The Labute approximate surface area is 312 Å². The molecule has 0 aliphatic heterocycles. The molecule has 2 unspecified atom stereocenters. The van der Waals surface area contributed by atoms with Gasteiger partial charge in [-0.1, -0.05) is 43.0 Å². The number of amides is 1. The number of hydrogen-bond acceptors (Lipinski definition) is 9. The first-order valence-electron chi connectivity index (χ1n) is 17.8. The van der Waals surface area contributed by atoms with Gasteiger partial charge in [-0.3, -0.25) is 0 Å². The first-order valence-corrected chi connectivity index (χ1v) is 32.5. The normalized spacial score (nSPS) is 14.6. The van der Waals surface area contributed by atoms with Crippen molar-refractivity contribution in [2.75, 3.05) is 20.3 Å². The number of carbonyl (C=O) groups is 2. The van der Waals surface area contributed by atoms with Gasteiger partial charge in [0.15, 0.2) is 28.1 Å². The molecule has 1 amide bonds. The molecule has 0 aliphatic carbocycles. The van der Waals surface area contributed by atoms with Crippen molar-refractivity contribution in [3.05, 3.63) is 71.8 Å². The van der Waals surface area contributed by atoms with Gasteiger partial charge in [-0.05, 0) is 133 Å². The molecule has 1 N–H and O–H groups in total. The largest absolute Gasteiger partial charge is 0.493 e. The molecular formula is C36H63NO9Si5. The van der Waals surface area contributed by atoms with Crippen molar-refractivity contribution in [3.63, 3.8) is 0 Å². The van der Waals surface area contributed by atoms with Gasteiger partial charge in [-0.25, -0.2) is 9.59 Å². The Hall–Kier alpha value is -2.36. The van der Waals surface area contributed by atoms with E-state index in [0.717, 1.165) is 43.3 Å². The number of hydrogen-bond donors (Lipinski definition) is 1. The molecule has 2 rings (SSSR count). The predicted molar refractivity (Wildman–Crippen MR) is 217 cm³/mol. The SMILES string of the molecule is C=C(C)C(=O)OCCNC(=O)Oc1ccc(CCC[Si](C)(O[Si](C)(C)C)O[Si](C)(CCCc2ccccc2)O[Si](C)(C)O[Si](C)(C)C)cc1OC. The van der Waals surface area contributed by atoms with Crippen molar-refractivity contribution in [2.24, 2.45) is 0 Å². The van der Waals surface area contributed by atoms with Crippen LogP contribution in [-0.2, 0) is 38.8 Å². The molecule has 0 saturated carbocycles. The molecule has 0 aliphatic rings. The quantitative estimate of drug-likeness (QED) is 0.0541. The van der Waals surface area contributed by atoms with Gasteiger partial charge >= 0.3 is 37.7 Å². The highest BCUT2D eigenvalue weighted by Gasteiger charge is 2.48. The summed E-state index contributed by atoms with van der Waals surface area (Å²) in [4.78, 5) is 23.9. The third-order valence-electron chi connectivity index (χ3n) is 7.39. The Kier molecular flexibility index (Phi) is 17.3. The van der Waals surface area contributed by atoms with Gasteiger partial charge < -0.3 is 36.0 Å². The molecule has 0 heterocycles. The smallest absolute Gasteiger partial charge is 0.412 e. The zero-order valence-corrected chi connectivity index (χ0v) is 38.2. The number of carbonyl (C=O) groups excluding carboxylic acids is 2. The summed E-state index contributed by atoms with van der Waals surface area (Å²) in [6.07, 6.45) is 2.88. The molecule has 10 nitrogen and oxygen atoms in total. The van der Waals surface area contributed by atoms with Gasteiger partial charge in [0.2, 0.25) is 0 Å². The third-order valence-corrected chi connectivity index (χ3v) is 25.7. The van der Waals surface area contributed by atoms with Crippen LogP contribution in [-0.4, -0.2) is 74.6 Å². The number of rotatable bonds is 22. The number of aryl methyl sites for hydroxylation is 2. The van der Waals surface area contributed by atoms with E-state index in [1.807, 2.05) is 12.1 Å². The van der Waals surface area contributed by atoms with Crippen LogP contribution in [0.2, 0.25) is 77.6 Å². The van der Waals surface area contributed by atoms with Crippen LogP contribution < -0.4 is 14.8 Å². The first-order chi connectivity index (χ1) is 23.5. The van der Waals surface area contributed by atoms with E-state index < -0.39 is 54.4 Å². The van der Waals surface area contributed by atoms with Crippen molar-refractivity contribution in [2.45, 2.75) is 110 Å². The Morgan fingerprint density at radius 2 is 1.27 bits per heavy atom. The second kappa shape index (κ2) is 19.6. The fraction of sp³-hybridized carbons (Fsp3) is 0.556. The van der Waals surface area contributed by atoms with Crippen LogP contribution in [0.1, 0.15) is 30.9 Å². The average Bonchev–Trinajstić information content (AvgIpc) is 2.97. The Bertz CT molecular complexity index is 1430. The molecule has 0 bridgehead atoms. The standard InChI is InChI=1S/C36H63NO9Si5/c1-30(2)35(38)41-26-25-37-36(39)42-33-24-23-32(29-34(33)40-3)22-18-27-50(12,44-48(7,8)9)46-51(13,45-49(10,11)43-47(4,5)6)28-17-21-31-19-15-14-16-20-31/h14-16,19-20,23-24,29H,1,17-18,21-22,25-28H2,2-13H3,(H,37,39). The van der Waals surface area contributed by atoms with Gasteiger partial charge in [-0.15, -0.1) is 0 Å². The highest BCUT2D eigenvalue weighted by molar-refractivity contribution is 6.90. The molecule has 0 spiro atoms. The van der Waals surface area contributed by atoms with Crippen molar-refractivity contribution < 1.29 is 40.3 Å². The maximum atomic E-state index is 12.4. The summed E-state index contributed by atoms with van der Waals surface area (Å²) in [6, 6.07) is 17.8. The average molecular weight is 794 g/mol. The zero-order chi connectivity index (χ0) is 38.5. The minimum atomic E-state index is -2.75. The maximum Gasteiger partial charge on any atom is 0.412 e. The maximum absolute atomic E-state index is 12.4. The van der Waals surface area contributed by atoms with E-state index in [2.05, 4.69) is 108 Å². The monoisotopic (exact) mass is 793 g/mol. The first kappa shape index (κ1) is 44.8. The zero-order valence-electron chi connectivity index (χ0n) is 33.2. The van der Waals surface area contributed by atoms with E-state index >= 15 is 0 Å². The minimum absolute atomic E-state index is 0.0115. The van der Waals surface area contributed by atoms with Gasteiger partial charge in [0, 0.05) is 5.57 Å². The lowest BCUT2D eigenvalue weighted by Crippen LogP contribution is -2.60. The van der Waals surface area contributed by atoms with Crippen LogP contribution in [0, 0.1) is 0 Å². The van der Waals surface area contributed by atoms with Crippen molar-refractivity contribution in [3.8, 4) is 11.5 Å². The van der Waals surface area contributed by atoms with Crippen molar-refractivity contribution in [1.82, 2.24) is 5.32 Å². The number of methoxy groups -OCH3 is 1. The molecular weight excluding hydrogens is 731 g/mol. The van der Waals surface area contributed by atoms with Crippen LogP contribution in [0.3, 0.4) is 0 Å². The lowest BCUT2D eigenvalue weighted by molar-refractivity contribution is -0.138. The summed E-state index contributed by atoms with van der Waals surface area (Å²) < 4.78 is 44.1. The molecule has 0 fully saturated rings. The van der Waals surface area contributed by atoms with Crippen LogP contribution in [0.4, 0.5) is 4.79 Å². The van der Waals surface area contributed by atoms with Crippen LogP contribution in [0.15, 0.2) is 60.7 Å². The topological polar surface area (TPSA) is 111 Å². The molecule has 0 aromatic heterocycles. The van der Waals surface area contributed by atoms with E-state index in [-0.39, 0.29) is 13.2 Å². The fourth-order valence-electron chi connectivity index (χ4n) is 6.01. The van der Waals surface area contributed by atoms with E-state index in [0.29, 0.717) is 17.1 Å². The van der Waals surface area contributed by atoms with Gasteiger partial charge in [0.05, 0.1) is 13.7 Å². The van der Waals surface area contributed by atoms with Crippen molar-refractivity contribution in [1.29, 1.82) is 0 Å². The second-order valence-electron chi connectivity index (χ2n) is 15.7. The van der Waals surface area contributed by atoms with E-state index in [1.54, 1.807) is 20.1 Å². The molecule has 2 aromatic carbocycles. The second-order valence-corrected chi connectivity index (χ2v) is 35.8. The number of ether oxygens (including phenoxy) is 3. The third kappa shape index (κ3) is 18.3. The van der Waals surface area contributed by atoms with Gasteiger partial charge in [-0.2, -0.15) is 0 Å². The van der Waals surface area contributed by atoms with E-state index in [9.17, 15) is 9.59 Å². The van der Waals surface area contributed by atoms with Crippen LogP contribution in [0.25, 0.3) is 0 Å². The van der Waals surface area contributed by atoms with Gasteiger partial charge in [0.1, 0.15) is 6.61 Å². The van der Waals surface area contributed by atoms with Crippen LogP contribution in [0.5, 0.6) is 11.5 Å². The van der Waals surface area contributed by atoms with E-state index in [1.165, 1.54) is 5.56 Å². The number of nitrogens with one attached hydrogen (secondary N) is 1. The predicted octanol–water partition coefficient (Wildman–Crippen LogP) is 9.05. The summed E-state index contributed by atoms with van der Waals surface area (Å²) >= 11 is 0. The molecule has 51 heavy (non-hydrogen) atoms. The highest BCUT2D eigenvalue weighted by atomic mass is 28.5. The lowest BCUT2D eigenvalue weighted by atomic mass is 10.1. The van der Waals surface area contributed by atoms with E-state index in [4.69, 9.17) is 30.7 Å². The highest BCUT2D eigenvalue weighted by Crippen LogP contribution is 2.34. The Morgan fingerprint density at radius 1 is 0.706 bits per heavy atom. The summed E-state index contributed by atoms with van der Waals surface area (Å²) in [7, 11) is -10.2. The summed E-state index contributed by atoms with van der Waals surface area (Å²) in [5.74, 6) is 0.237. The van der Waals surface area contributed by atoms with Gasteiger partial charge in [0.25, 0.3) is 0 Å². The summed E-state index contributed by atoms with van der Waals surface area (Å²) in [6.45, 7) is 27.2. The summed E-state index contributed by atoms with van der Waals surface area (Å²) in [5, 5.41) is 2.57. The number of benzene rings is 2. The summed E-state index contributed by atoms with van der Waals surface area (Å²) in [5.41, 5.74) is 2.66. The Morgan fingerprint density at radius 3 is 1.82 bits per heavy atom. The Balaban J connectivity index is 2.17. The lowest BCUT2D eigenvalue weighted by Gasteiger charge is -2.44. The molecule has 286 valence electrons. The molecule has 0 radical (unpaired) electrons. The molecule has 0 saturated heterocycles. The van der Waals surface area contributed by atoms with Crippen molar-refractivity contribution >= 4 is 54.4 Å². The minimum Gasteiger partial charge on any atom is -0.493 e. The fourth-order valence-corrected chi connectivity index (χ4v) is 29.8. The molecule has 15 heteroatoms.